The molecule has 2 aliphatic rings. The number of hydrogen-bond donors (Lipinski definition) is 0. The molecule has 1 aliphatic carbocycles. The summed E-state index contributed by atoms with van der Waals surface area (Å²) in [4.78, 5) is 18.0. The predicted octanol–water partition coefficient (Wildman–Crippen LogP) is 0.935. The van der Waals surface area contributed by atoms with Crippen molar-refractivity contribution in [2.45, 2.75) is 32.4 Å². The quantitative estimate of drug-likeness (QED) is 0.739. The van der Waals surface area contributed by atoms with Gasteiger partial charge < -0.3 is 14.2 Å². The molecule has 1 aromatic rings. The number of hydrogen-bond acceptors (Lipinski definition) is 5. The van der Waals surface area contributed by atoms with Crippen LogP contribution in [0.2, 0.25) is 0 Å². The Balaban J connectivity index is 1.45. The summed E-state index contributed by atoms with van der Waals surface area (Å²) < 4.78 is 10.3. The molecule has 6 nitrogen and oxygen atoms in total. The number of fused-ring (bicyclic) bond motifs is 2. The summed E-state index contributed by atoms with van der Waals surface area (Å²) in [5, 5.41) is 3.77. The van der Waals surface area contributed by atoms with Crippen LogP contribution in [0.15, 0.2) is 16.7 Å². The molecule has 2 heterocycles. The normalized spacial score (nSPS) is 24.4. The fraction of sp³-hybridized carbons (Fsp3) is 0.615. The Labute approximate surface area is 111 Å². The summed E-state index contributed by atoms with van der Waals surface area (Å²) in [6.45, 7) is 3.04. The first-order chi connectivity index (χ1) is 9.26. The second kappa shape index (κ2) is 5.13. The van der Waals surface area contributed by atoms with E-state index in [-0.39, 0.29) is 25.2 Å². The molecule has 19 heavy (non-hydrogen) atoms. The van der Waals surface area contributed by atoms with Gasteiger partial charge in [-0.25, -0.2) is 0 Å². The van der Waals surface area contributed by atoms with E-state index >= 15 is 0 Å². The maximum absolute atomic E-state index is 12.0. The topological polar surface area (TPSA) is 68.5 Å². The third kappa shape index (κ3) is 2.53. The molecule has 1 aliphatic heterocycles. The van der Waals surface area contributed by atoms with Crippen molar-refractivity contribution < 1.29 is 14.1 Å². The molecule has 0 aromatic carbocycles. The van der Waals surface area contributed by atoms with Crippen LogP contribution in [0.4, 0.5) is 0 Å². The minimum absolute atomic E-state index is 0.0343. The van der Waals surface area contributed by atoms with Crippen molar-refractivity contribution >= 4 is 5.91 Å². The molecule has 2 atom stereocenters. The zero-order chi connectivity index (χ0) is 13.2. The molecule has 2 unspecified atom stereocenters. The minimum Gasteiger partial charge on any atom is -0.362 e. The van der Waals surface area contributed by atoms with Gasteiger partial charge in [-0.15, -0.1) is 0 Å². The van der Waals surface area contributed by atoms with Crippen molar-refractivity contribution in [3.05, 3.63) is 23.9 Å². The van der Waals surface area contributed by atoms with Crippen LogP contribution in [0, 0.1) is 5.92 Å². The van der Waals surface area contributed by atoms with E-state index in [4.69, 9.17) is 9.26 Å². The average molecular weight is 263 g/mol. The van der Waals surface area contributed by atoms with E-state index in [2.05, 4.69) is 22.3 Å². The van der Waals surface area contributed by atoms with Crippen LogP contribution in [-0.4, -0.2) is 40.1 Å². The van der Waals surface area contributed by atoms with E-state index in [1.54, 1.807) is 0 Å². The number of aromatic nitrogens is 2. The van der Waals surface area contributed by atoms with Gasteiger partial charge in [0.1, 0.15) is 13.2 Å². The van der Waals surface area contributed by atoms with E-state index < -0.39 is 0 Å². The molecule has 3 rings (SSSR count). The monoisotopic (exact) mass is 263 g/mol. The highest BCUT2D eigenvalue weighted by molar-refractivity contribution is 5.78. The van der Waals surface area contributed by atoms with Crippen molar-refractivity contribution in [3.63, 3.8) is 0 Å². The summed E-state index contributed by atoms with van der Waals surface area (Å²) in [6.07, 6.45) is 6.10. The van der Waals surface area contributed by atoms with Gasteiger partial charge in [0.05, 0.1) is 6.04 Å². The summed E-state index contributed by atoms with van der Waals surface area (Å²) in [7, 11) is 0. The fourth-order valence-corrected chi connectivity index (χ4v) is 2.59. The van der Waals surface area contributed by atoms with Crippen molar-refractivity contribution in [1.82, 2.24) is 15.0 Å². The van der Waals surface area contributed by atoms with E-state index in [1.165, 1.54) is 0 Å². The highest BCUT2D eigenvalue weighted by Crippen LogP contribution is 2.31. The van der Waals surface area contributed by atoms with Crippen LogP contribution in [0.25, 0.3) is 0 Å². The third-order valence-electron chi connectivity index (χ3n) is 3.58. The van der Waals surface area contributed by atoms with E-state index in [1.807, 2.05) is 11.8 Å². The molecule has 102 valence electrons. The SMILES string of the molecule is CCc1noc(COCC(=O)N2CC3C=CC2C3)n1. The Morgan fingerprint density at radius 3 is 3.11 bits per heavy atom. The number of amides is 1. The number of aryl methyl sites for hydroxylation is 1. The Morgan fingerprint density at radius 2 is 2.47 bits per heavy atom. The largest absolute Gasteiger partial charge is 0.362 e. The van der Waals surface area contributed by atoms with Gasteiger partial charge in [0.15, 0.2) is 5.82 Å². The number of carbonyl (C=O) groups is 1. The molecular weight excluding hydrogens is 246 g/mol. The Kier molecular flexibility index (Phi) is 3.33. The number of ether oxygens (including phenoxy) is 1. The first-order valence-electron chi connectivity index (χ1n) is 6.63. The van der Waals surface area contributed by atoms with Gasteiger partial charge in [0, 0.05) is 13.0 Å². The van der Waals surface area contributed by atoms with Gasteiger partial charge >= 0.3 is 0 Å². The molecule has 0 N–H and O–H groups in total. The number of carbonyl (C=O) groups excluding carboxylic acids is 1. The molecular formula is C13H17N3O3. The molecule has 1 fully saturated rings. The summed E-state index contributed by atoms with van der Waals surface area (Å²) in [6, 6.07) is 0.274. The molecule has 0 saturated carbocycles. The summed E-state index contributed by atoms with van der Waals surface area (Å²) >= 11 is 0. The maximum Gasteiger partial charge on any atom is 0.252 e. The minimum atomic E-state index is 0.0343. The highest BCUT2D eigenvalue weighted by Gasteiger charge is 2.36. The maximum atomic E-state index is 12.0. The van der Waals surface area contributed by atoms with Crippen molar-refractivity contribution in [1.29, 1.82) is 0 Å². The smallest absolute Gasteiger partial charge is 0.252 e. The molecule has 2 bridgehead atoms. The summed E-state index contributed by atoms with van der Waals surface area (Å²) in [5.41, 5.74) is 0. The molecule has 0 radical (unpaired) electrons. The van der Waals surface area contributed by atoms with Crippen LogP contribution >= 0.6 is 0 Å². The van der Waals surface area contributed by atoms with E-state index in [0.717, 1.165) is 19.4 Å². The van der Waals surface area contributed by atoms with Crippen LogP contribution in [0.3, 0.4) is 0 Å². The number of nitrogens with zero attached hydrogens (tertiary/aromatic N) is 3. The summed E-state index contributed by atoms with van der Waals surface area (Å²) in [5.74, 6) is 1.66. The van der Waals surface area contributed by atoms with Gasteiger partial charge in [-0.3, -0.25) is 4.79 Å². The Bertz CT molecular complexity index is 497. The third-order valence-corrected chi connectivity index (χ3v) is 3.58. The predicted molar refractivity (Wildman–Crippen MR) is 66.1 cm³/mol. The zero-order valence-electron chi connectivity index (χ0n) is 10.9. The lowest BCUT2D eigenvalue weighted by Crippen LogP contribution is -2.38. The van der Waals surface area contributed by atoms with Gasteiger partial charge in [-0.2, -0.15) is 4.98 Å². The van der Waals surface area contributed by atoms with Gasteiger partial charge in [0.25, 0.3) is 5.89 Å². The molecule has 1 saturated heterocycles. The first kappa shape index (κ1) is 12.3. The lowest BCUT2D eigenvalue weighted by molar-refractivity contribution is -0.137. The van der Waals surface area contributed by atoms with Crippen molar-refractivity contribution in [2.75, 3.05) is 13.2 Å². The second-order valence-electron chi connectivity index (χ2n) is 4.94. The second-order valence-corrected chi connectivity index (χ2v) is 4.94. The first-order valence-corrected chi connectivity index (χ1v) is 6.63. The van der Waals surface area contributed by atoms with Crippen LogP contribution in [-0.2, 0) is 22.6 Å². The number of rotatable bonds is 5. The zero-order valence-corrected chi connectivity index (χ0v) is 10.9. The van der Waals surface area contributed by atoms with Gasteiger partial charge in [-0.1, -0.05) is 24.2 Å². The fourth-order valence-electron chi connectivity index (χ4n) is 2.59. The van der Waals surface area contributed by atoms with Crippen LogP contribution in [0.1, 0.15) is 25.1 Å². The Hall–Kier alpha value is -1.69. The number of likely N-dealkylation sites (tertiary alicyclic amines) is 1. The van der Waals surface area contributed by atoms with Crippen LogP contribution < -0.4 is 0 Å². The lowest BCUT2D eigenvalue weighted by Gasteiger charge is -2.23. The average Bonchev–Trinajstić information content (AvgIpc) is 3.14. The highest BCUT2D eigenvalue weighted by atomic mass is 16.5. The van der Waals surface area contributed by atoms with Gasteiger partial charge in [-0.05, 0) is 12.3 Å². The van der Waals surface area contributed by atoms with Crippen molar-refractivity contribution in [3.8, 4) is 0 Å². The lowest BCUT2D eigenvalue weighted by atomic mass is 10.2. The molecule has 1 amide bonds. The molecule has 1 aromatic heterocycles. The standard InChI is InChI=1S/C13H17N3O3/c1-2-11-14-12(19-15-11)7-18-8-13(17)16-6-9-3-4-10(16)5-9/h3-4,9-10H,2,5-8H2,1H3. The molecule has 0 spiro atoms. The van der Waals surface area contributed by atoms with Crippen LogP contribution in [0.5, 0.6) is 0 Å². The Morgan fingerprint density at radius 1 is 1.58 bits per heavy atom. The van der Waals surface area contributed by atoms with Gasteiger partial charge in [0.2, 0.25) is 5.91 Å². The molecule has 6 heteroatoms. The van der Waals surface area contributed by atoms with E-state index in [0.29, 0.717) is 17.6 Å². The van der Waals surface area contributed by atoms with E-state index in [9.17, 15) is 4.79 Å². The van der Waals surface area contributed by atoms with Crippen molar-refractivity contribution in [2.24, 2.45) is 5.92 Å².